The van der Waals surface area contributed by atoms with Gasteiger partial charge >= 0.3 is 12.1 Å². The molecule has 2 aromatic carbocycles. The average Bonchev–Trinajstić information content (AvgIpc) is 3.21. The zero-order chi connectivity index (χ0) is 22.7. The Balaban J connectivity index is 1.59. The zero-order valence-electron chi connectivity index (χ0n) is 17.0. The van der Waals surface area contributed by atoms with E-state index in [0.717, 1.165) is 44.4 Å². The highest BCUT2D eigenvalue weighted by Crippen LogP contribution is 2.36. The fraction of sp³-hybridized carbons (Fsp3) is 0.167. The first kappa shape index (κ1) is 21.8. The SMILES string of the molecule is CCOC(=O)c1cccc(-c2cccc3cc(COc4cc(C(F)(F)F)ccn4)sc23)c1. The van der Waals surface area contributed by atoms with E-state index < -0.39 is 11.7 Å². The molecule has 0 atom stereocenters. The molecule has 0 aliphatic heterocycles. The third-order valence-electron chi connectivity index (χ3n) is 4.70. The number of hydrogen-bond acceptors (Lipinski definition) is 5. The summed E-state index contributed by atoms with van der Waals surface area (Å²) in [5.41, 5.74) is 1.48. The number of carbonyl (C=O) groups excluding carboxylic acids is 1. The van der Waals surface area contributed by atoms with E-state index in [2.05, 4.69) is 4.98 Å². The number of aromatic nitrogens is 1. The molecule has 0 aliphatic rings. The van der Waals surface area contributed by atoms with E-state index >= 15 is 0 Å². The standard InChI is InChI=1S/C24H18F3NO3S/c1-2-30-23(29)17-7-3-5-15(11-17)20-8-4-6-16-12-19(32-22(16)20)14-31-21-13-18(9-10-28-21)24(25,26)27/h3-13H,2,14H2,1H3. The number of carbonyl (C=O) groups is 1. The van der Waals surface area contributed by atoms with Gasteiger partial charge in [-0.2, -0.15) is 13.2 Å². The van der Waals surface area contributed by atoms with Crippen LogP contribution >= 0.6 is 11.3 Å². The molecule has 0 spiro atoms. The first-order chi connectivity index (χ1) is 15.3. The van der Waals surface area contributed by atoms with Crippen molar-refractivity contribution in [3.63, 3.8) is 0 Å². The molecule has 164 valence electrons. The monoisotopic (exact) mass is 457 g/mol. The van der Waals surface area contributed by atoms with Crippen LogP contribution in [0.2, 0.25) is 0 Å². The molecule has 0 bridgehead atoms. The molecule has 2 heterocycles. The van der Waals surface area contributed by atoms with Crippen LogP contribution in [0, 0.1) is 0 Å². The molecule has 4 aromatic rings. The van der Waals surface area contributed by atoms with Crippen molar-refractivity contribution in [3.05, 3.63) is 82.9 Å². The van der Waals surface area contributed by atoms with E-state index in [-0.39, 0.29) is 18.5 Å². The minimum absolute atomic E-state index is 0.0837. The van der Waals surface area contributed by atoms with Gasteiger partial charge in [-0.1, -0.05) is 30.3 Å². The van der Waals surface area contributed by atoms with Gasteiger partial charge in [0.1, 0.15) is 6.61 Å². The molecule has 8 heteroatoms. The summed E-state index contributed by atoms with van der Waals surface area (Å²) in [6.45, 7) is 2.15. The van der Waals surface area contributed by atoms with Crippen LogP contribution in [-0.4, -0.2) is 17.6 Å². The number of fused-ring (bicyclic) bond motifs is 1. The Kier molecular flexibility index (Phi) is 6.14. The van der Waals surface area contributed by atoms with Gasteiger partial charge in [-0.3, -0.25) is 0 Å². The van der Waals surface area contributed by atoms with Crippen LogP contribution in [0.5, 0.6) is 5.88 Å². The van der Waals surface area contributed by atoms with Gasteiger partial charge in [0, 0.05) is 21.8 Å². The zero-order valence-corrected chi connectivity index (χ0v) is 17.8. The van der Waals surface area contributed by atoms with Gasteiger partial charge in [-0.25, -0.2) is 9.78 Å². The van der Waals surface area contributed by atoms with Crippen molar-refractivity contribution in [2.24, 2.45) is 0 Å². The first-order valence-corrected chi connectivity index (χ1v) is 10.6. The van der Waals surface area contributed by atoms with Gasteiger partial charge in [-0.15, -0.1) is 11.3 Å². The summed E-state index contributed by atoms with van der Waals surface area (Å²) < 4.78 is 50.3. The molecule has 0 saturated heterocycles. The molecule has 4 rings (SSSR count). The van der Waals surface area contributed by atoms with E-state index in [1.165, 1.54) is 11.3 Å². The molecule has 0 saturated carbocycles. The third kappa shape index (κ3) is 4.75. The Labute approximate surface area is 186 Å². The molecule has 2 aromatic heterocycles. The average molecular weight is 457 g/mol. The van der Waals surface area contributed by atoms with Gasteiger partial charge in [0.05, 0.1) is 17.7 Å². The predicted octanol–water partition coefficient (Wildman–Crippen LogP) is 6.74. The second-order valence-electron chi connectivity index (χ2n) is 6.91. The van der Waals surface area contributed by atoms with Crippen molar-refractivity contribution >= 4 is 27.4 Å². The second-order valence-corrected chi connectivity index (χ2v) is 8.04. The van der Waals surface area contributed by atoms with Crippen LogP contribution < -0.4 is 4.74 Å². The van der Waals surface area contributed by atoms with Gasteiger partial charge in [0.25, 0.3) is 0 Å². The predicted molar refractivity (Wildman–Crippen MR) is 117 cm³/mol. The molecular formula is C24H18F3NO3S. The molecule has 0 amide bonds. The van der Waals surface area contributed by atoms with Crippen molar-refractivity contribution in [2.45, 2.75) is 19.7 Å². The number of thiophene rings is 1. The van der Waals surface area contributed by atoms with Crippen LogP contribution in [0.3, 0.4) is 0 Å². The van der Waals surface area contributed by atoms with E-state index in [1.807, 2.05) is 30.3 Å². The summed E-state index contributed by atoms with van der Waals surface area (Å²) in [5, 5.41) is 0.977. The van der Waals surface area contributed by atoms with Gasteiger partial charge in [0.2, 0.25) is 5.88 Å². The second kappa shape index (κ2) is 9.00. The number of halogens is 3. The van der Waals surface area contributed by atoms with Crippen molar-refractivity contribution < 1.29 is 27.4 Å². The van der Waals surface area contributed by atoms with E-state index in [1.54, 1.807) is 25.1 Å². The summed E-state index contributed by atoms with van der Waals surface area (Å²) >= 11 is 1.48. The molecule has 0 N–H and O–H groups in total. The maximum Gasteiger partial charge on any atom is 0.416 e. The Morgan fingerprint density at radius 3 is 2.66 bits per heavy atom. The number of nitrogens with zero attached hydrogens (tertiary/aromatic N) is 1. The number of ether oxygens (including phenoxy) is 2. The lowest BCUT2D eigenvalue weighted by Crippen LogP contribution is -2.06. The summed E-state index contributed by atoms with van der Waals surface area (Å²) in [5.74, 6) is -0.463. The largest absolute Gasteiger partial charge is 0.472 e. The van der Waals surface area contributed by atoms with Gasteiger partial charge < -0.3 is 9.47 Å². The molecule has 0 unspecified atom stereocenters. The lowest BCUT2D eigenvalue weighted by molar-refractivity contribution is -0.137. The van der Waals surface area contributed by atoms with Crippen molar-refractivity contribution in [1.29, 1.82) is 0 Å². The van der Waals surface area contributed by atoms with E-state index in [9.17, 15) is 18.0 Å². The number of hydrogen-bond donors (Lipinski definition) is 0. The van der Waals surface area contributed by atoms with Crippen LogP contribution in [-0.2, 0) is 17.5 Å². The van der Waals surface area contributed by atoms with Gasteiger partial charge in [-0.05, 0) is 47.7 Å². The quantitative estimate of drug-likeness (QED) is 0.301. The molecule has 0 fully saturated rings. The van der Waals surface area contributed by atoms with Crippen LogP contribution in [0.4, 0.5) is 13.2 Å². The molecule has 0 aliphatic carbocycles. The fourth-order valence-electron chi connectivity index (χ4n) is 3.25. The fourth-order valence-corrected chi connectivity index (χ4v) is 4.36. The van der Waals surface area contributed by atoms with Crippen LogP contribution in [0.15, 0.2) is 66.9 Å². The molecular weight excluding hydrogens is 439 g/mol. The topological polar surface area (TPSA) is 48.4 Å². The molecule has 4 nitrogen and oxygen atoms in total. The van der Waals surface area contributed by atoms with Crippen LogP contribution in [0.1, 0.15) is 27.7 Å². The normalized spacial score (nSPS) is 11.5. The van der Waals surface area contributed by atoms with Crippen LogP contribution in [0.25, 0.3) is 21.2 Å². The lowest BCUT2D eigenvalue weighted by Gasteiger charge is -2.08. The summed E-state index contributed by atoms with van der Waals surface area (Å²) in [6.07, 6.45) is -3.37. The Hall–Kier alpha value is -3.39. The lowest BCUT2D eigenvalue weighted by atomic mass is 10.0. The van der Waals surface area contributed by atoms with Crippen molar-refractivity contribution in [1.82, 2.24) is 4.98 Å². The highest BCUT2D eigenvalue weighted by Gasteiger charge is 2.31. The number of benzene rings is 2. The van der Waals surface area contributed by atoms with Crippen molar-refractivity contribution in [2.75, 3.05) is 6.61 Å². The minimum atomic E-state index is -4.45. The Morgan fingerprint density at radius 2 is 1.88 bits per heavy atom. The highest BCUT2D eigenvalue weighted by atomic mass is 32.1. The number of esters is 1. The summed E-state index contributed by atoms with van der Waals surface area (Å²) in [6, 6.07) is 16.8. The van der Waals surface area contributed by atoms with E-state index in [0.29, 0.717) is 12.2 Å². The smallest absolute Gasteiger partial charge is 0.416 e. The third-order valence-corrected chi connectivity index (χ3v) is 5.86. The minimum Gasteiger partial charge on any atom is -0.472 e. The maximum absolute atomic E-state index is 12.9. The first-order valence-electron chi connectivity index (χ1n) is 9.80. The molecule has 32 heavy (non-hydrogen) atoms. The summed E-state index contributed by atoms with van der Waals surface area (Å²) in [7, 11) is 0. The number of alkyl halides is 3. The summed E-state index contributed by atoms with van der Waals surface area (Å²) in [4.78, 5) is 16.8. The number of rotatable bonds is 6. The highest BCUT2D eigenvalue weighted by molar-refractivity contribution is 7.19. The Morgan fingerprint density at radius 1 is 1.06 bits per heavy atom. The van der Waals surface area contributed by atoms with E-state index in [4.69, 9.17) is 9.47 Å². The maximum atomic E-state index is 12.9. The van der Waals surface area contributed by atoms with Crippen molar-refractivity contribution in [3.8, 4) is 17.0 Å². The molecule has 0 radical (unpaired) electrons. The Bertz CT molecular complexity index is 1270. The van der Waals surface area contributed by atoms with Gasteiger partial charge in [0.15, 0.2) is 0 Å². The number of pyridine rings is 1.